The highest BCUT2D eigenvalue weighted by Crippen LogP contribution is 2.30. The maximum Gasteiger partial charge on any atom is 0.416 e. The average Bonchev–Trinajstić information content (AvgIpc) is 2.66. The Labute approximate surface area is 165 Å². The quantitative estimate of drug-likeness (QED) is 0.681. The van der Waals surface area contributed by atoms with Crippen molar-refractivity contribution >= 4 is 29.2 Å². The van der Waals surface area contributed by atoms with Gasteiger partial charge in [-0.15, -0.1) is 0 Å². The van der Waals surface area contributed by atoms with Gasteiger partial charge in [0.2, 0.25) is 5.91 Å². The maximum absolute atomic E-state index is 12.7. The second kappa shape index (κ2) is 9.72. The molecule has 29 heavy (non-hydrogen) atoms. The number of para-hydroxylation sites is 1. The highest BCUT2D eigenvalue weighted by atomic mass is 19.4. The normalized spacial score (nSPS) is 10.9. The second-order valence-corrected chi connectivity index (χ2v) is 6.15. The summed E-state index contributed by atoms with van der Waals surface area (Å²) in [6.45, 7) is 1.15. The van der Waals surface area contributed by atoms with Crippen LogP contribution in [-0.2, 0) is 25.3 Å². The lowest BCUT2D eigenvalue weighted by atomic mass is 10.2. The van der Waals surface area contributed by atoms with Gasteiger partial charge in [-0.1, -0.05) is 24.3 Å². The molecule has 0 saturated carbocycles. The summed E-state index contributed by atoms with van der Waals surface area (Å²) in [5, 5.41) is 4.88. The van der Waals surface area contributed by atoms with E-state index in [-0.39, 0.29) is 24.4 Å². The monoisotopic (exact) mass is 408 g/mol. The molecule has 0 radical (unpaired) electrons. The van der Waals surface area contributed by atoms with Crippen molar-refractivity contribution in [1.82, 2.24) is 0 Å². The number of hydrogen-bond donors (Lipinski definition) is 2. The molecule has 0 aromatic heterocycles. The van der Waals surface area contributed by atoms with E-state index < -0.39 is 30.2 Å². The summed E-state index contributed by atoms with van der Waals surface area (Å²) in [4.78, 5) is 35.3. The van der Waals surface area contributed by atoms with E-state index in [4.69, 9.17) is 4.74 Å². The first-order valence-electron chi connectivity index (χ1n) is 8.63. The van der Waals surface area contributed by atoms with Crippen molar-refractivity contribution in [1.29, 1.82) is 0 Å². The molecular weight excluding hydrogens is 389 g/mol. The van der Waals surface area contributed by atoms with Crippen LogP contribution in [0.2, 0.25) is 0 Å². The second-order valence-electron chi connectivity index (χ2n) is 6.15. The summed E-state index contributed by atoms with van der Waals surface area (Å²) < 4.78 is 42.7. The summed E-state index contributed by atoms with van der Waals surface area (Å²) in [6, 6.07) is 11.2. The van der Waals surface area contributed by atoms with E-state index in [0.717, 1.165) is 23.8 Å². The molecule has 0 aliphatic carbocycles. The number of carbonyl (C=O) groups excluding carboxylic acids is 3. The third-order valence-electron chi connectivity index (χ3n) is 3.81. The summed E-state index contributed by atoms with van der Waals surface area (Å²) in [6.07, 6.45) is -4.91. The van der Waals surface area contributed by atoms with Crippen LogP contribution in [0, 0.1) is 6.92 Å². The molecule has 0 saturated heterocycles. The summed E-state index contributed by atoms with van der Waals surface area (Å²) in [7, 11) is 0. The van der Waals surface area contributed by atoms with Gasteiger partial charge in [-0.05, 0) is 36.8 Å². The number of rotatable bonds is 7. The Morgan fingerprint density at radius 3 is 2.34 bits per heavy atom. The van der Waals surface area contributed by atoms with Gasteiger partial charge in [0.15, 0.2) is 6.61 Å². The zero-order valence-corrected chi connectivity index (χ0v) is 15.5. The van der Waals surface area contributed by atoms with Gasteiger partial charge < -0.3 is 15.4 Å². The lowest BCUT2D eigenvalue weighted by Gasteiger charge is -2.10. The summed E-state index contributed by atoms with van der Waals surface area (Å²) >= 11 is 0. The first kappa shape index (κ1) is 21.9. The van der Waals surface area contributed by atoms with Gasteiger partial charge in [-0.2, -0.15) is 13.2 Å². The van der Waals surface area contributed by atoms with Gasteiger partial charge in [-0.25, -0.2) is 0 Å². The van der Waals surface area contributed by atoms with E-state index in [1.54, 1.807) is 12.1 Å². The first-order chi connectivity index (χ1) is 13.6. The van der Waals surface area contributed by atoms with Crippen molar-refractivity contribution in [2.75, 3.05) is 17.2 Å². The zero-order chi connectivity index (χ0) is 21.4. The van der Waals surface area contributed by atoms with Crippen LogP contribution >= 0.6 is 0 Å². The molecule has 154 valence electrons. The van der Waals surface area contributed by atoms with Crippen LogP contribution in [0.3, 0.4) is 0 Å². The fraction of sp³-hybridized carbons (Fsp3) is 0.250. The number of benzene rings is 2. The average molecular weight is 408 g/mol. The summed E-state index contributed by atoms with van der Waals surface area (Å²) in [5.74, 6) is -1.95. The number of ether oxygens (including phenoxy) is 1. The molecule has 2 N–H and O–H groups in total. The van der Waals surface area contributed by atoms with Crippen molar-refractivity contribution in [2.24, 2.45) is 0 Å². The minimum atomic E-state index is -4.54. The van der Waals surface area contributed by atoms with Crippen LogP contribution in [0.15, 0.2) is 48.5 Å². The molecule has 0 atom stereocenters. The highest BCUT2D eigenvalue weighted by molar-refractivity contribution is 5.94. The fourth-order valence-electron chi connectivity index (χ4n) is 2.33. The predicted molar refractivity (Wildman–Crippen MR) is 100 cm³/mol. The van der Waals surface area contributed by atoms with Crippen LogP contribution in [-0.4, -0.2) is 24.4 Å². The largest absolute Gasteiger partial charge is 0.456 e. The van der Waals surface area contributed by atoms with Crippen molar-refractivity contribution < 1.29 is 32.3 Å². The Bertz CT molecular complexity index is 897. The maximum atomic E-state index is 12.7. The number of hydrogen-bond acceptors (Lipinski definition) is 4. The van der Waals surface area contributed by atoms with E-state index in [0.29, 0.717) is 5.69 Å². The number of amides is 2. The van der Waals surface area contributed by atoms with Crippen molar-refractivity contribution in [3.05, 3.63) is 59.7 Å². The summed E-state index contributed by atoms with van der Waals surface area (Å²) in [5.41, 5.74) is 0.520. The van der Waals surface area contributed by atoms with Gasteiger partial charge in [0.1, 0.15) is 0 Å². The first-order valence-corrected chi connectivity index (χ1v) is 8.63. The minimum absolute atomic E-state index is 0.0708. The van der Waals surface area contributed by atoms with Crippen LogP contribution in [0.5, 0.6) is 0 Å². The zero-order valence-electron chi connectivity index (χ0n) is 15.5. The lowest BCUT2D eigenvalue weighted by molar-refractivity contribution is -0.147. The van der Waals surface area contributed by atoms with E-state index >= 15 is 0 Å². The van der Waals surface area contributed by atoms with Gasteiger partial charge in [0, 0.05) is 17.8 Å². The third-order valence-corrected chi connectivity index (χ3v) is 3.81. The molecule has 0 bridgehead atoms. The Balaban J connectivity index is 1.74. The predicted octanol–water partition coefficient (Wildman–Crippen LogP) is 3.91. The minimum Gasteiger partial charge on any atom is -0.456 e. The smallest absolute Gasteiger partial charge is 0.416 e. The number of alkyl halides is 3. The lowest BCUT2D eigenvalue weighted by Crippen LogP contribution is -2.22. The van der Waals surface area contributed by atoms with E-state index in [2.05, 4.69) is 10.6 Å². The molecule has 0 aliphatic heterocycles. The number of nitrogens with one attached hydrogen (secondary N) is 2. The van der Waals surface area contributed by atoms with Gasteiger partial charge in [0.25, 0.3) is 5.91 Å². The van der Waals surface area contributed by atoms with Crippen LogP contribution < -0.4 is 10.6 Å². The topological polar surface area (TPSA) is 84.5 Å². The van der Waals surface area contributed by atoms with Crippen LogP contribution in [0.4, 0.5) is 24.5 Å². The number of aryl methyl sites for hydroxylation is 1. The number of halogens is 3. The van der Waals surface area contributed by atoms with E-state index in [1.165, 1.54) is 6.07 Å². The molecule has 2 amide bonds. The Morgan fingerprint density at radius 2 is 1.66 bits per heavy atom. The standard InChI is InChI=1S/C20H19F3N2O4/c1-13-5-2-3-8-16(13)25-17(26)9-10-19(28)29-12-18(27)24-15-7-4-6-14(11-15)20(21,22)23/h2-8,11H,9-10,12H2,1H3,(H,24,27)(H,25,26). The van der Waals surface area contributed by atoms with Crippen molar-refractivity contribution in [3.8, 4) is 0 Å². The Hall–Kier alpha value is -3.36. The number of anilines is 2. The number of esters is 1. The molecule has 2 aromatic carbocycles. The van der Waals surface area contributed by atoms with E-state index in [1.807, 2.05) is 19.1 Å². The molecule has 6 nitrogen and oxygen atoms in total. The number of carbonyl (C=O) groups is 3. The van der Waals surface area contributed by atoms with Crippen molar-refractivity contribution in [3.63, 3.8) is 0 Å². The van der Waals surface area contributed by atoms with Gasteiger partial charge >= 0.3 is 12.1 Å². The molecule has 0 heterocycles. The third kappa shape index (κ3) is 7.28. The molecule has 0 unspecified atom stereocenters. The van der Waals surface area contributed by atoms with Crippen LogP contribution in [0.25, 0.3) is 0 Å². The highest BCUT2D eigenvalue weighted by Gasteiger charge is 2.30. The van der Waals surface area contributed by atoms with Crippen molar-refractivity contribution in [2.45, 2.75) is 25.9 Å². The molecule has 2 aromatic rings. The van der Waals surface area contributed by atoms with Crippen LogP contribution in [0.1, 0.15) is 24.0 Å². The Morgan fingerprint density at radius 1 is 0.931 bits per heavy atom. The molecule has 0 spiro atoms. The Kier molecular flexibility index (Phi) is 7.35. The SMILES string of the molecule is Cc1ccccc1NC(=O)CCC(=O)OCC(=O)Nc1cccc(C(F)(F)F)c1. The van der Waals surface area contributed by atoms with Gasteiger partial charge in [0.05, 0.1) is 12.0 Å². The molecule has 0 fully saturated rings. The molecule has 0 aliphatic rings. The van der Waals surface area contributed by atoms with Gasteiger partial charge in [-0.3, -0.25) is 14.4 Å². The molecular formula is C20H19F3N2O4. The molecule has 9 heteroatoms. The van der Waals surface area contributed by atoms with E-state index in [9.17, 15) is 27.6 Å². The fourth-order valence-corrected chi connectivity index (χ4v) is 2.33. The molecule has 2 rings (SSSR count).